The molecule has 2 saturated carbocycles. The highest BCUT2D eigenvalue weighted by atomic mass is 16.8. The van der Waals surface area contributed by atoms with Crippen molar-refractivity contribution in [3.63, 3.8) is 0 Å². The topological polar surface area (TPSA) is 240 Å². The molecule has 4 N–H and O–H groups in total. The van der Waals surface area contributed by atoms with Crippen molar-refractivity contribution in [2.45, 2.75) is 121 Å². The maximum atomic E-state index is 15.5. The number of aliphatic hydroxyl groups excluding tert-OH is 2. The van der Waals surface area contributed by atoms with Crippen LogP contribution in [-0.2, 0) is 47.5 Å². The van der Waals surface area contributed by atoms with Gasteiger partial charge in [0.15, 0.2) is 23.6 Å². The molecule has 2 aromatic rings. The molecular formula is C45H55NO16. The number of fused-ring (bicyclic) bond motifs is 5. The molecule has 6 rings (SSSR count). The minimum Gasteiger partial charge on any atom is -0.456 e. The second kappa shape index (κ2) is 17.8. The van der Waals surface area contributed by atoms with Gasteiger partial charge in [0, 0.05) is 25.2 Å². The number of amides is 1. The Morgan fingerprint density at radius 1 is 0.968 bits per heavy atom. The van der Waals surface area contributed by atoms with E-state index in [9.17, 15) is 39.3 Å². The second-order valence-corrected chi connectivity index (χ2v) is 17.1. The van der Waals surface area contributed by atoms with Gasteiger partial charge in [-0.05, 0) is 49.1 Å². The van der Waals surface area contributed by atoms with E-state index >= 15 is 4.79 Å². The van der Waals surface area contributed by atoms with E-state index in [0.29, 0.717) is 12.0 Å². The van der Waals surface area contributed by atoms with Crippen LogP contribution in [0.2, 0.25) is 0 Å². The van der Waals surface area contributed by atoms with Gasteiger partial charge in [0.2, 0.25) is 0 Å². The quantitative estimate of drug-likeness (QED) is 0.102. The van der Waals surface area contributed by atoms with Gasteiger partial charge in [-0.1, -0.05) is 75.7 Å². The van der Waals surface area contributed by atoms with Crippen LogP contribution < -0.4 is 5.32 Å². The number of benzene rings is 2. The molecule has 3 aliphatic carbocycles. The lowest BCUT2D eigenvalue weighted by atomic mass is 9.44. The summed E-state index contributed by atoms with van der Waals surface area (Å²) in [4.78, 5) is 82.9. The average Bonchev–Trinajstić information content (AvgIpc) is 3.24. The van der Waals surface area contributed by atoms with E-state index in [1.807, 2.05) is 6.92 Å². The molecule has 0 radical (unpaired) electrons. The molecule has 3 fully saturated rings. The van der Waals surface area contributed by atoms with E-state index in [-0.39, 0.29) is 36.3 Å². The fourth-order valence-corrected chi connectivity index (χ4v) is 9.78. The van der Waals surface area contributed by atoms with Crippen LogP contribution in [0.15, 0.2) is 71.8 Å². The van der Waals surface area contributed by atoms with E-state index in [4.69, 9.17) is 33.2 Å². The molecule has 1 saturated heterocycles. The molecule has 1 heterocycles. The molecule has 1 aliphatic heterocycles. The molecule has 0 aromatic heterocycles. The molecule has 2 bridgehead atoms. The van der Waals surface area contributed by atoms with E-state index in [1.54, 1.807) is 48.5 Å². The van der Waals surface area contributed by atoms with Crippen LogP contribution in [0.3, 0.4) is 0 Å². The first-order chi connectivity index (χ1) is 29.3. The number of rotatable bonds is 12. The third-order valence-corrected chi connectivity index (χ3v) is 13.3. The van der Waals surface area contributed by atoms with Crippen molar-refractivity contribution in [2.75, 3.05) is 20.3 Å². The van der Waals surface area contributed by atoms with Crippen LogP contribution in [-0.4, -0.2) is 119 Å². The fourth-order valence-electron chi connectivity index (χ4n) is 9.78. The Kier molecular flexibility index (Phi) is 13.2. The van der Waals surface area contributed by atoms with Crippen LogP contribution in [0, 0.1) is 16.7 Å². The number of ketones is 1. The minimum atomic E-state index is -2.43. The molecule has 17 nitrogen and oxygen atoms in total. The molecule has 0 spiro atoms. The molecule has 4 aliphatic rings. The van der Waals surface area contributed by atoms with Gasteiger partial charge in [0.1, 0.15) is 23.9 Å². The second-order valence-electron chi connectivity index (χ2n) is 17.1. The van der Waals surface area contributed by atoms with Gasteiger partial charge >= 0.3 is 30.2 Å². The number of carbonyl (C=O) groups excluding carboxylic acids is 6. The van der Waals surface area contributed by atoms with Gasteiger partial charge < -0.3 is 53.8 Å². The lowest BCUT2D eigenvalue weighted by Crippen LogP contribution is -2.82. The maximum absolute atomic E-state index is 15.5. The number of methoxy groups -OCH3 is 1. The third-order valence-electron chi connectivity index (χ3n) is 13.3. The lowest BCUT2D eigenvalue weighted by Gasteiger charge is -2.67. The molecule has 62 heavy (non-hydrogen) atoms. The zero-order chi connectivity index (χ0) is 45.4. The van der Waals surface area contributed by atoms with E-state index in [1.165, 1.54) is 39.8 Å². The Hall–Kier alpha value is -5.36. The molecule has 17 heteroatoms. The molecule has 336 valence electrons. The summed E-state index contributed by atoms with van der Waals surface area (Å²) in [5.41, 5.74) is -7.64. The number of unbranched alkanes of at least 4 members (excludes halogenated alkanes) is 1. The predicted octanol–water partition coefficient (Wildman–Crippen LogP) is 4.05. The number of ether oxygens (including phenoxy) is 7. The Balaban J connectivity index is 1.53. The van der Waals surface area contributed by atoms with Gasteiger partial charge in [-0.2, -0.15) is 0 Å². The number of Topliss-reactive ketones (excluding diaryl/α,β-unsaturated/α-hetero) is 1. The van der Waals surface area contributed by atoms with Gasteiger partial charge in [-0.25, -0.2) is 19.2 Å². The van der Waals surface area contributed by atoms with E-state index < -0.39 is 113 Å². The summed E-state index contributed by atoms with van der Waals surface area (Å²) in [6.45, 7) is 8.63. The van der Waals surface area contributed by atoms with Crippen LogP contribution >= 0.6 is 0 Å². The SMILES string of the molecule is CCCCOC(=O)N[C@@H](c1ccccc1)[C@@H](O)C(=O)O[C@H]1C[C@@]2(O)C(OC(=O)c3ccccc3)C3[C@](C)(C(=O)[C@H](OC(C)=O)C(=C1C)C2(C)C)[C@@H](O)C[C@H]1OC[C@@]31OC(=O)OC. The smallest absolute Gasteiger partial charge is 0.456 e. The average molecular weight is 866 g/mol. The first-order valence-corrected chi connectivity index (χ1v) is 20.6. The number of carbonyl (C=O) groups is 6. The van der Waals surface area contributed by atoms with Crippen molar-refractivity contribution < 1.29 is 77.2 Å². The van der Waals surface area contributed by atoms with E-state index in [2.05, 4.69) is 5.32 Å². The number of esters is 3. The fraction of sp³-hybridized carbons (Fsp3) is 0.556. The van der Waals surface area contributed by atoms with Gasteiger partial charge in [-0.15, -0.1) is 0 Å². The first-order valence-electron chi connectivity index (χ1n) is 20.6. The summed E-state index contributed by atoms with van der Waals surface area (Å²) in [6, 6.07) is 14.5. The first kappa shape index (κ1) is 46.2. The van der Waals surface area contributed by atoms with E-state index in [0.717, 1.165) is 20.5 Å². The normalized spacial score (nSPS) is 31.8. The van der Waals surface area contributed by atoms with Crippen LogP contribution in [0.25, 0.3) is 0 Å². The summed E-state index contributed by atoms with van der Waals surface area (Å²) in [5, 5.41) is 39.9. The molecule has 2 aromatic carbocycles. The summed E-state index contributed by atoms with van der Waals surface area (Å²) in [6.07, 6.45) is -11.6. The predicted molar refractivity (Wildman–Crippen MR) is 215 cm³/mol. The molecule has 1 amide bonds. The van der Waals surface area contributed by atoms with Crippen molar-refractivity contribution >= 4 is 35.9 Å². The number of aliphatic hydroxyl groups is 3. The standard InChI is InChI=1S/C45H55NO16/c1-8-9-20-57-40(53)46-32(26-16-12-10-13-17-26)33(49)39(52)60-28-22-45(55)37(61-38(51)27-18-14-11-15-19-27)35-43(6,29(48)21-30-44(35,23-58-30)62-41(54)56-7)36(50)34(59-25(3)47)31(24(28)2)42(45,4)5/h10-19,28-30,32-35,37,48-49,55H,8-9,20-23H2,1-7H3,(H,46,53)/t28-,29-,30+,32-,33+,34+,35?,37?,43+,44-,45+/m0/s1. The highest BCUT2D eigenvalue weighted by Gasteiger charge is 2.78. The third kappa shape index (κ3) is 7.95. The number of hydrogen-bond acceptors (Lipinski definition) is 16. The Morgan fingerprint density at radius 3 is 2.19 bits per heavy atom. The number of hydrogen-bond donors (Lipinski definition) is 4. The van der Waals surface area contributed by atoms with Crippen molar-refractivity contribution in [1.29, 1.82) is 0 Å². The molecule has 2 unspecified atom stereocenters. The van der Waals surface area contributed by atoms with Crippen LogP contribution in [0.4, 0.5) is 9.59 Å². The molecule has 11 atom stereocenters. The number of alkyl carbamates (subject to hydrolysis) is 1. The number of nitrogens with one attached hydrogen (secondary N) is 1. The summed E-state index contributed by atoms with van der Waals surface area (Å²) < 4.78 is 40.2. The van der Waals surface area contributed by atoms with Gasteiger partial charge in [0.25, 0.3) is 0 Å². The summed E-state index contributed by atoms with van der Waals surface area (Å²) in [7, 11) is 1.07. The van der Waals surface area contributed by atoms with Crippen molar-refractivity contribution in [1.82, 2.24) is 5.32 Å². The summed E-state index contributed by atoms with van der Waals surface area (Å²) in [5.74, 6) is -5.67. The minimum absolute atomic E-state index is 0.0291. The van der Waals surface area contributed by atoms with Gasteiger partial charge in [-0.3, -0.25) is 9.59 Å². The Morgan fingerprint density at radius 2 is 1.61 bits per heavy atom. The van der Waals surface area contributed by atoms with Crippen LogP contribution in [0.1, 0.15) is 89.2 Å². The monoisotopic (exact) mass is 865 g/mol. The van der Waals surface area contributed by atoms with Gasteiger partial charge in [0.05, 0.1) is 49.4 Å². The Bertz CT molecular complexity index is 2070. The van der Waals surface area contributed by atoms with Crippen molar-refractivity contribution in [2.24, 2.45) is 16.7 Å². The zero-order valence-corrected chi connectivity index (χ0v) is 35.8. The highest BCUT2D eigenvalue weighted by molar-refractivity contribution is 5.95. The van der Waals surface area contributed by atoms with Crippen molar-refractivity contribution in [3.05, 3.63) is 82.9 Å². The molecular weight excluding hydrogens is 810 g/mol. The summed E-state index contributed by atoms with van der Waals surface area (Å²) >= 11 is 0. The largest absolute Gasteiger partial charge is 0.508 e. The lowest BCUT2D eigenvalue weighted by molar-refractivity contribution is -0.344. The Labute approximate surface area is 359 Å². The maximum Gasteiger partial charge on any atom is 0.508 e. The van der Waals surface area contributed by atoms with Crippen molar-refractivity contribution in [3.8, 4) is 0 Å². The highest BCUT2D eigenvalue weighted by Crippen LogP contribution is 2.64. The van der Waals surface area contributed by atoms with Crippen LogP contribution in [0.5, 0.6) is 0 Å². The zero-order valence-electron chi connectivity index (χ0n) is 35.8.